The lowest BCUT2D eigenvalue weighted by atomic mass is 9.55. The van der Waals surface area contributed by atoms with E-state index < -0.39 is 59.0 Å². The van der Waals surface area contributed by atoms with Crippen LogP contribution in [-0.2, 0) is 9.59 Å². The van der Waals surface area contributed by atoms with Crippen molar-refractivity contribution in [2.24, 2.45) is 16.2 Å². The number of rotatable bonds is 5. The first-order chi connectivity index (χ1) is 11.4. The third-order valence-electron chi connectivity index (χ3n) is 5.47. The van der Waals surface area contributed by atoms with Gasteiger partial charge in [0, 0.05) is 5.41 Å². The standard InChI is InChI=1S/C14H15F7O5/c1-9(2)10(5-6-22,7(23)24)3-4-11(9,8(25)26)12(15,16)13(17,18)14(19,20)21/h5-6,22H,3-4H2,1-2H3,(H,23,24)(H,25,26). The van der Waals surface area contributed by atoms with E-state index in [0.29, 0.717) is 19.9 Å². The van der Waals surface area contributed by atoms with Crippen LogP contribution >= 0.6 is 0 Å². The van der Waals surface area contributed by atoms with Crippen LogP contribution in [0.1, 0.15) is 26.7 Å². The first kappa shape index (κ1) is 22.0. The number of aliphatic hydroxyl groups is 1. The Morgan fingerprint density at radius 2 is 1.38 bits per heavy atom. The lowest BCUT2D eigenvalue weighted by Gasteiger charge is -2.49. The molecule has 0 saturated heterocycles. The summed E-state index contributed by atoms with van der Waals surface area (Å²) >= 11 is 0. The molecule has 12 heteroatoms. The van der Waals surface area contributed by atoms with Crippen molar-refractivity contribution < 1.29 is 55.6 Å². The second-order valence-corrected chi connectivity index (χ2v) is 6.57. The van der Waals surface area contributed by atoms with Gasteiger partial charge in [-0.1, -0.05) is 13.8 Å². The summed E-state index contributed by atoms with van der Waals surface area (Å²) in [6.45, 7) is 1.09. The van der Waals surface area contributed by atoms with E-state index in [1.807, 2.05) is 0 Å². The molecule has 0 radical (unpaired) electrons. The number of carboxylic acids is 2. The van der Waals surface area contributed by atoms with Gasteiger partial charge in [-0.2, -0.15) is 30.7 Å². The maximum absolute atomic E-state index is 14.5. The number of alkyl halides is 7. The first-order valence-corrected chi connectivity index (χ1v) is 7.02. The molecule has 1 saturated carbocycles. The van der Waals surface area contributed by atoms with Crippen molar-refractivity contribution in [2.75, 3.05) is 0 Å². The molecule has 5 nitrogen and oxygen atoms in total. The SMILES string of the molecule is CC1(C)C(C=CO)(C(=O)O)CCC1(C(=O)O)C(F)(F)C(F)(F)C(F)(F)F. The van der Waals surface area contributed by atoms with Gasteiger partial charge < -0.3 is 15.3 Å². The summed E-state index contributed by atoms with van der Waals surface area (Å²) in [4.78, 5) is 23.2. The number of hydrogen-bond acceptors (Lipinski definition) is 3. The summed E-state index contributed by atoms with van der Waals surface area (Å²) in [5.74, 6) is -17.6. The highest BCUT2D eigenvalue weighted by Gasteiger charge is 2.87. The fourth-order valence-corrected chi connectivity index (χ4v) is 3.76. The first-order valence-electron chi connectivity index (χ1n) is 7.02. The molecule has 0 aromatic heterocycles. The fourth-order valence-electron chi connectivity index (χ4n) is 3.76. The Kier molecular flexibility index (Phi) is 4.87. The van der Waals surface area contributed by atoms with E-state index in [0.717, 1.165) is 0 Å². The average molecular weight is 396 g/mol. The molecule has 0 aliphatic heterocycles. The molecule has 0 aromatic carbocycles. The van der Waals surface area contributed by atoms with Crippen LogP contribution in [0.2, 0.25) is 0 Å². The predicted octanol–water partition coefficient (Wildman–Crippen LogP) is 3.85. The Bertz CT molecular complexity index is 640. The normalized spacial score (nSPS) is 29.9. The van der Waals surface area contributed by atoms with E-state index >= 15 is 0 Å². The number of carbonyl (C=O) groups is 2. The van der Waals surface area contributed by atoms with E-state index in [2.05, 4.69) is 0 Å². The Labute approximate surface area is 142 Å². The van der Waals surface area contributed by atoms with Gasteiger partial charge in [0.15, 0.2) is 0 Å². The lowest BCUT2D eigenvalue weighted by molar-refractivity contribution is -0.384. The highest BCUT2D eigenvalue weighted by atomic mass is 19.4. The van der Waals surface area contributed by atoms with Gasteiger partial charge in [0.05, 0.1) is 11.7 Å². The zero-order chi connectivity index (χ0) is 21.0. The number of carboxylic acid groups (broad SMARTS) is 2. The fraction of sp³-hybridized carbons (Fsp3) is 0.714. The molecular weight excluding hydrogens is 381 g/mol. The largest absolute Gasteiger partial charge is 0.516 e. The Balaban J connectivity index is 3.89. The Hall–Kier alpha value is -2.01. The van der Waals surface area contributed by atoms with Gasteiger partial charge in [0.1, 0.15) is 5.41 Å². The molecule has 150 valence electrons. The minimum Gasteiger partial charge on any atom is -0.516 e. The minimum atomic E-state index is -6.78. The van der Waals surface area contributed by atoms with Crippen molar-refractivity contribution in [2.45, 2.75) is 44.7 Å². The van der Waals surface area contributed by atoms with Gasteiger partial charge in [0.2, 0.25) is 0 Å². The number of aliphatic hydroxyl groups excluding tert-OH is 1. The number of aliphatic carboxylic acids is 2. The van der Waals surface area contributed by atoms with Gasteiger partial charge in [0.25, 0.3) is 0 Å². The van der Waals surface area contributed by atoms with Gasteiger partial charge >= 0.3 is 30.0 Å². The van der Waals surface area contributed by atoms with Crippen molar-refractivity contribution in [1.82, 2.24) is 0 Å². The van der Waals surface area contributed by atoms with Crippen LogP contribution in [0.5, 0.6) is 0 Å². The van der Waals surface area contributed by atoms with Crippen LogP contribution < -0.4 is 0 Å². The van der Waals surface area contributed by atoms with Gasteiger partial charge in [-0.25, -0.2) is 0 Å². The molecule has 26 heavy (non-hydrogen) atoms. The lowest BCUT2D eigenvalue weighted by Crippen LogP contribution is -2.67. The minimum absolute atomic E-state index is 0.0911. The highest BCUT2D eigenvalue weighted by molar-refractivity contribution is 5.85. The van der Waals surface area contributed by atoms with Crippen LogP contribution in [0.3, 0.4) is 0 Å². The molecule has 0 spiro atoms. The van der Waals surface area contributed by atoms with Crippen LogP contribution in [-0.4, -0.2) is 45.3 Å². The molecule has 2 unspecified atom stereocenters. The van der Waals surface area contributed by atoms with Crippen molar-refractivity contribution in [3.05, 3.63) is 12.3 Å². The summed E-state index contributed by atoms with van der Waals surface area (Å²) in [5.41, 5.74) is -9.56. The average Bonchev–Trinajstić information content (AvgIpc) is 2.67. The molecule has 0 aromatic rings. The van der Waals surface area contributed by atoms with E-state index in [1.165, 1.54) is 0 Å². The topological polar surface area (TPSA) is 94.8 Å². The van der Waals surface area contributed by atoms with Crippen LogP contribution in [0.15, 0.2) is 12.3 Å². The van der Waals surface area contributed by atoms with E-state index in [-0.39, 0.29) is 6.26 Å². The zero-order valence-corrected chi connectivity index (χ0v) is 13.4. The highest BCUT2D eigenvalue weighted by Crippen LogP contribution is 2.72. The predicted molar refractivity (Wildman–Crippen MR) is 70.9 cm³/mol. The number of halogens is 7. The second kappa shape index (κ2) is 5.74. The monoisotopic (exact) mass is 396 g/mol. The van der Waals surface area contributed by atoms with E-state index in [1.54, 1.807) is 0 Å². The summed E-state index contributed by atoms with van der Waals surface area (Å²) in [6, 6.07) is 0. The maximum Gasteiger partial charge on any atom is 0.459 e. The molecule has 3 N–H and O–H groups in total. The van der Waals surface area contributed by atoms with E-state index in [9.17, 15) is 50.5 Å². The zero-order valence-electron chi connectivity index (χ0n) is 13.4. The van der Waals surface area contributed by atoms with Gasteiger partial charge in [-0.05, 0) is 18.9 Å². The molecule has 1 aliphatic rings. The summed E-state index contributed by atoms with van der Waals surface area (Å²) in [5, 5.41) is 27.5. The maximum atomic E-state index is 14.5. The van der Waals surface area contributed by atoms with Crippen molar-refractivity contribution in [1.29, 1.82) is 0 Å². The molecule has 2 atom stereocenters. The molecule has 1 rings (SSSR count). The molecule has 0 bridgehead atoms. The van der Waals surface area contributed by atoms with Gasteiger partial charge in [-0.3, -0.25) is 9.59 Å². The summed E-state index contributed by atoms with van der Waals surface area (Å²) < 4.78 is 94.0. The van der Waals surface area contributed by atoms with Crippen LogP contribution in [0, 0.1) is 16.2 Å². The molecular formula is C14H15F7O5. The van der Waals surface area contributed by atoms with Crippen LogP contribution in [0.25, 0.3) is 0 Å². The van der Waals surface area contributed by atoms with E-state index in [4.69, 9.17) is 5.11 Å². The molecule has 1 aliphatic carbocycles. The molecule has 0 heterocycles. The van der Waals surface area contributed by atoms with Crippen molar-refractivity contribution in [3.63, 3.8) is 0 Å². The Morgan fingerprint density at radius 3 is 1.69 bits per heavy atom. The molecule has 0 amide bonds. The summed E-state index contributed by atoms with van der Waals surface area (Å²) in [6.07, 6.45) is -8.79. The third kappa shape index (κ3) is 2.22. The quantitative estimate of drug-likeness (QED) is 0.485. The van der Waals surface area contributed by atoms with Crippen LogP contribution in [0.4, 0.5) is 30.7 Å². The Morgan fingerprint density at radius 1 is 0.923 bits per heavy atom. The smallest absolute Gasteiger partial charge is 0.459 e. The van der Waals surface area contributed by atoms with Crippen molar-refractivity contribution >= 4 is 11.9 Å². The van der Waals surface area contributed by atoms with Gasteiger partial charge in [-0.15, -0.1) is 0 Å². The third-order valence-corrected chi connectivity index (χ3v) is 5.47. The number of hydrogen-bond donors (Lipinski definition) is 3. The second-order valence-electron chi connectivity index (χ2n) is 6.57. The summed E-state index contributed by atoms with van der Waals surface area (Å²) in [7, 11) is 0. The van der Waals surface area contributed by atoms with Crippen molar-refractivity contribution in [3.8, 4) is 0 Å². The molecule has 1 fully saturated rings.